The zero-order valence-corrected chi connectivity index (χ0v) is 11.6. The summed E-state index contributed by atoms with van der Waals surface area (Å²) in [5.41, 5.74) is 0. The summed E-state index contributed by atoms with van der Waals surface area (Å²) in [5, 5.41) is 6.45. The molecule has 0 saturated carbocycles. The maximum atomic E-state index is 10.8. The minimum Gasteiger partial charge on any atom is -0.496 e. The van der Waals surface area contributed by atoms with Gasteiger partial charge >= 0.3 is 0 Å². The number of rotatable bonds is 3. The zero-order valence-electron chi connectivity index (χ0n) is 10.8. The summed E-state index contributed by atoms with van der Waals surface area (Å²) in [6.07, 6.45) is 1.14. The SMILES string of the molecule is COc1ccsc1C.O=CNC1CCC(=O)NC1=O. The standard InChI is InChI=1S/C6H8N2O3.C6H8OS/c9-3-7-4-1-2-5(10)8-6(4)11;1-5-6(7-2)3-4-8-5/h3-4H,1-2H2,(H,7,9)(H,8,10,11);3-4H,1-2H3. The highest BCUT2D eigenvalue weighted by Gasteiger charge is 2.25. The summed E-state index contributed by atoms with van der Waals surface area (Å²) in [4.78, 5) is 32.6. The molecule has 1 unspecified atom stereocenters. The molecular weight excluding hydrogens is 268 g/mol. The van der Waals surface area contributed by atoms with E-state index in [4.69, 9.17) is 4.74 Å². The van der Waals surface area contributed by atoms with Crippen molar-refractivity contribution in [2.24, 2.45) is 0 Å². The summed E-state index contributed by atoms with van der Waals surface area (Å²) in [7, 11) is 1.69. The van der Waals surface area contributed by atoms with Crippen molar-refractivity contribution in [1.29, 1.82) is 0 Å². The fourth-order valence-corrected chi connectivity index (χ4v) is 2.18. The Morgan fingerprint density at radius 1 is 1.53 bits per heavy atom. The number of hydrogen-bond acceptors (Lipinski definition) is 5. The first kappa shape index (κ1) is 15.2. The van der Waals surface area contributed by atoms with Crippen LogP contribution in [0.2, 0.25) is 0 Å². The predicted octanol–water partition coefficient (Wildman–Crippen LogP) is 0.603. The van der Waals surface area contributed by atoms with Crippen molar-refractivity contribution < 1.29 is 19.1 Å². The molecule has 1 fully saturated rings. The molecule has 1 aromatic heterocycles. The van der Waals surface area contributed by atoms with Crippen molar-refractivity contribution in [2.45, 2.75) is 25.8 Å². The quantitative estimate of drug-likeness (QED) is 0.629. The normalized spacial score (nSPS) is 17.9. The third kappa shape index (κ3) is 4.70. The Morgan fingerprint density at radius 3 is 2.68 bits per heavy atom. The van der Waals surface area contributed by atoms with E-state index in [2.05, 4.69) is 10.6 Å². The molecule has 0 spiro atoms. The molecule has 6 nitrogen and oxygen atoms in total. The third-order valence-electron chi connectivity index (χ3n) is 2.54. The van der Waals surface area contributed by atoms with Crippen LogP contribution in [0.15, 0.2) is 11.4 Å². The fourth-order valence-electron chi connectivity index (χ4n) is 1.52. The number of hydrogen-bond donors (Lipinski definition) is 2. The molecule has 0 aliphatic carbocycles. The van der Waals surface area contributed by atoms with Crippen molar-refractivity contribution in [1.82, 2.24) is 10.6 Å². The van der Waals surface area contributed by atoms with Gasteiger partial charge in [0.25, 0.3) is 0 Å². The van der Waals surface area contributed by atoms with Gasteiger partial charge in [0.1, 0.15) is 11.8 Å². The molecule has 1 aromatic rings. The van der Waals surface area contributed by atoms with Crippen LogP contribution >= 0.6 is 11.3 Å². The van der Waals surface area contributed by atoms with Crippen LogP contribution in [0.4, 0.5) is 0 Å². The lowest BCUT2D eigenvalue weighted by atomic mass is 10.1. The van der Waals surface area contributed by atoms with Crippen LogP contribution in [0.3, 0.4) is 0 Å². The fraction of sp³-hybridized carbons (Fsp3) is 0.417. The number of methoxy groups -OCH3 is 1. The van der Waals surface area contributed by atoms with Crippen LogP contribution < -0.4 is 15.4 Å². The Morgan fingerprint density at radius 2 is 2.26 bits per heavy atom. The Bertz CT molecular complexity index is 458. The van der Waals surface area contributed by atoms with E-state index in [1.807, 2.05) is 18.4 Å². The molecule has 2 heterocycles. The molecule has 104 valence electrons. The predicted molar refractivity (Wildman–Crippen MR) is 71.0 cm³/mol. The zero-order chi connectivity index (χ0) is 14.3. The molecule has 0 radical (unpaired) electrons. The Balaban J connectivity index is 0.000000200. The van der Waals surface area contributed by atoms with Crippen LogP contribution in [-0.4, -0.2) is 31.4 Å². The van der Waals surface area contributed by atoms with Crippen molar-refractivity contribution in [2.75, 3.05) is 7.11 Å². The number of piperidine rings is 1. The molecule has 2 rings (SSSR count). The van der Waals surface area contributed by atoms with Gasteiger partial charge in [0.15, 0.2) is 0 Å². The second-order valence-electron chi connectivity index (χ2n) is 3.83. The van der Waals surface area contributed by atoms with Gasteiger partial charge in [-0.2, -0.15) is 0 Å². The van der Waals surface area contributed by atoms with Crippen molar-refractivity contribution in [3.05, 3.63) is 16.3 Å². The van der Waals surface area contributed by atoms with E-state index in [9.17, 15) is 14.4 Å². The molecule has 0 bridgehead atoms. The number of aryl methyl sites for hydroxylation is 1. The van der Waals surface area contributed by atoms with E-state index in [-0.39, 0.29) is 12.3 Å². The van der Waals surface area contributed by atoms with Gasteiger partial charge in [-0.3, -0.25) is 19.7 Å². The van der Waals surface area contributed by atoms with Crippen molar-refractivity contribution in [3.63, 3.8) is 0 Å². The van der Waals surface area contributed by atoms with Crippen molar-refractivity contribution >= 4 is 29.6 Å². The van der Waals surface area contributed by atoms with E-state index in [1.54, 1.807) is 18.4 Å². The van der Waals surface area contributed by atoms with Crippen LogP contribution in [-0.2, 0) is 14.4 Å². The Kier molecular flexibility index (Phi) is 6.01. The lowest BCUT2D eigenvalue weighted by Crippen LogP contribution is -2.50. The summed E-state index contributed by atoms with van der Waals surface area (Å²) in [5.74, 6) is 0.294. The minimum atomic E-state index is -0.537. The van der Waals surface area contributed by atoms with E-state index < -0.39 is 11.9 Å². The minimum absolute atomic E-state index is 0.279. The summed E-state index contributed by atoms with van der Waals surface area (Å²) in [6.45, 7) is 2.05. The number of thiophene rings is 1. The topological polar surface area (TPSA) is 84.5 Å². The average Bonchev–Trinajstić information content (AvgIpc) is 2.79. The molecule has 1 atom stereocenters. The molecule has 1 saturated heterocycles. The molecule has 1 aliphatic heterocycles. The monoisotopic (exact) mass is 284 g/mol. The third-order valence-corrected chi connectivity index (χ3v) is 3.37. The highest BCUT2D eigenvalue weighted by atomic mass is 32.1. The van der Waals surface area contributed by atoms with Gasteiger partial charge in [-0.05, 0) is 24.8 Å². The second-order valence-corrected chi connectivity index (χ2v) is 4.95. The first-order valence-corrected chi connectivity index (χ1v) is 6.58. The van der Waals surface area contributed by atoms with E-state index in [0.717, 1.165) is 5.75 Å². The van der Waals surface area contributed by atoms with Gasteiger partial charge in [-0.15, -0.1) is 11.3 Å². The van der Waals surface area contributed by atoms with Crippen molar-refractivity contribution in [3.8, 4) is 5.75 Å². The molecule has 7 heteroatoms. The van der Waals surface area contributed by atoms with Gasteiger partial charge in [0.05, 0.1) is 7.11 Å². The number of ether oxygens (including phenoxy) is 1. The van der Waals surface area contributed by atoms with Crippen LogP contribution in [0.1, 0.15) is 17.7 Å². The van der Waals surface area contributed by atoms with Gasteiger partial charge < -0.3 is 10.1 Å². The molecular formula is C12H16N2O4S. The van der Waals surface area contributed by atoms with Gasteiger partial charge in [0.2, 0.25) is 18.2 Å². The molecule has 1 aliphatic rings. The lowest BCUT2D eigenvalue weighted by Gasteiger charge is -2.19. The van der Waals surface area contributed by atoms with Crippen LogP contribution in [0, 0.1) is 6.92 Å². The molecule has 3 amide bonds. The second kappa shape index (κ2) is 7.52. The average molecular weight is 284 g/mol. The number of imide groups is 1. The maximum absolute atomic E-state index is 10.8. The largest absolute Gasteiger partial charge is 0.496 e. The van der Waals surface area contributed by atoms with Gasteiger partial charge in [-0.25, -0.2) is 0 Å². The Labute approximate surface area is 115 Å². The van der Waals surface area contributed by atoms with E-state index >= 15 is 0 Å². The van der Waals surface area contributed by atoms with Crippen LogP contribution in [0.5, 0.6) is 5.75 Å². The lowest BCUT2D eigenvalue weighted by molar-refractivity contribution is -0.135. The van der Waals surface area contributed by atoms with Gasteiger partial charge in [0, 0.05) is 11.3 Å². The number of carbonyl (C=O) groups is 3. The summed E-state index contributed by atoms with van der Waals surface area (Å²) in [6, 6.07) is 1.44. The van der Waals surface area contributed by atoms with E-state index in [0.29, 0.717) is 12.8 Å². The number of amides is 3. The number of carbonyl (C=O) groups excluding carboxylic acids is 3. The highest BCUT2D eigenvalue weighted by molar-refractivity contribution is 7.10. The molecule has 2 N–H and O–H groups in total. The maximum Gasteiger partial charge on any atom is 0.249 e. The van der Waals surface area contributed by atoms with E-state index in [1.165, 1.54) is 4.88 Å². The first-order valence-electron chi connectivity index (χ1n) is 5.70. The van der Waals surface area contributed by atoms with Crippen LogP contribution in [0.25, 0.3) is 0 Å². The number of nitrogens with one attached hydrogen (secondary N) is 2. The summed E-state index contributed by atoms with van der Waals surface area (Å²) >= 11 is 1.70. The smallest absolute Gasteiger partial charge is 0.249 e. The molecule has 19 heavy (non-hydrogen) atoms. The summed E-state index contributed by atoms with van der Waals surface area (Å²) < 4.78 is 5.00. The first-order chi connectivity index (χ1) is 9.08. The highest BCUT2D eigenvalue weighted by Crippen LogP contribution is 2.21. The van der Waals surface area contributed by atoms with Gasteiger partial charge in [-0.1, -0.05) is 0 Å². The Hall–Kier alpha value is -1.89. The molecule has 0 aromatic carbocycles.